The van der Waals surface area contributed by atoms with Crippen LogP contribution in [0.1, 0.15) is 0 Å². The van der Waals surface area contributed by atoms with Gasteiger partial charge in [0.05, 0.1) is 31.0 Å². The Morgan fingerprint density at radius 2 is 1.42 bits per heavy atom. The summed E-state index contributed by atoms with van der Waals surface area (Å²) in [6, 6.07) is 0. The highest BCUT2D eigenvalue weighted by Gasteiger charge is 2.38. The fourth-order valence-corrected chi connectivity index (χ4v) is 0.834. The van der Waals surface area contributed by atoms with E-state index in [2.05, 4.69) is 0 Å². The first-order valence-electron chi connectivity index (χ1n) is 3.59. The third kappa shape index (κ3) is 2.13. The normalized spacial score (nSPS) is 21.5. The van der Waals surface area contributed by atoms with Crippen molar-refractivity contribution in [2.45, 2.75) is 17.7 Å². The topological polar surface area (TPSA) is 133 Å². The van der Waals surface area contributed by atoms with Crippen LogP contribution in [-0.4, -0.2) is 57.9 Å². The molecule has 0 aliphatic rings. The zero-order chi connectivity index (χ0) is 9.78. The Balaban J connectivity index is 4.42. The molecule has 0 aliphatic carbocycles. The van der Waals surface area contributed by atoms with Crippen LogP contribution in [0, 0.1) is 0 Å². The number of nitrogens with two attached hydrogens (primary N) is 2. The van der Waals surface area contributed by atoms with E-state index in [0.29, 0.717) is 0 Å². The van der Waals surface area contributed by atoms with Crippen LogP contribution in [0.25, 0.3) is 0 Å². The van der Waals surface area contributed by atoms with Gasteiger partial charge in [0.25, 0.3) is 0 Å². The van der Waals surface area contributed by atoms with E-state index < -0.39 is 31.0 Å². The SMILES string of the molecule is NCC(N)(C(O)CO)C(O)CO. The molecule has 6 nitrogen and oxygen atoms in total. The van der Waals surface area contributed by atoms with Gasteiger partial charge in [0.15, 0.2) is 0 Å². The van der Waals surface area contributed by atoms with Gasteiger partial charge in [-0.3, -0.25) is 0 Å². The van der Waals surface area contributed by atoms with Crippen molar-refractivity contribution >= 4 is 0 Å². The second-order valence-corrected chi connectivity index (χ2v) is 2.71. The molecule has 0 radical (unpaired) electrons. The molecule has 0 amide bonds. The quantitative estimate of drug-likeness (QED) is 0.258. The minimum Gasteiger partial charge on any atom is -0.394 e. The molecular weight excluding hydrogens is 164 g/mol. The van der Waals surface area contributed by atoms with E-state index in [9.17, 15) is 0 Å². The summed E-state index contributed by atoms with van der Waals surface area (Å²) in [5, 5.41) is 35.4. The first-order valence-corrected chi connectivity index (χ1v) is 3.59. The fourth-order valence-electron chi connectivity index (χ4n) is 0.834. The fraction of sp³-hybridized carbons (Fsp3) is 1.00. The monoisotopic (exact) mass is 180 g/mol. The molecule has 12 heavy (non-hydrogen) atoms. The molecule has 0 aliphatic heterocycles. The summed E-state index contributed by atoms with van der Waals surface area (Å²) in [4.78, 5) is 0. The van der Waals surface area contributed by atoms with Crippen LogP contribution in [-0.2, 0) is 0 Å². The standard InChI is InChI=1S/C6H16N2O4/c7-3-6(8,4(11)1-9)5(12)2-10/h4-5,9-12H,1-3,7-8H2. The van der Waals surface area contributed by atoms with Crippen LogP contribution in [0.3, 0.4) is 0 Å². The number of aliphatic hydroxyl groups is 4. The van der Waals surface area contributed by atoms with Crippen molar-refractivity contribution in [1.29, 1.82) is 0 Å². The van der Waals surface area contributed by atoms with Gasteiger partial charge < -0.3 is 31.9 Å². The van der Waals surface area contributed by atoms with E-state index in [4.69, 9.17) is 31.9 Å². The molecule has 8 N–H and O–H groups in total. The molecule has 0 saturated carbocycles. The van der Waals surface area contributed by atoms with Gasteiger partial charge in [-0.1, -0.05) is 0 Å². The lowest BCUT2D eigenvalue weighted by Crippen LogP contribution is -2.66. The molecule has 0 aromatic heterocycles. The van der Waals surface area contributed by atoms with Crippen LogP contribution in [0.4, 0.5) is 0 Å². The number of hydrogen-bond acceptors (Lipinski definition) is 6. The Kier molecular flexibility index (Phi) is 4.61. The first-order chi connectivity index (χ1) is 5.52. The third-order valence-corrected chi connectivity index (χ3v) is 1.94. The van der Waals surface area contributed by atoms with Gasteiger partial charge in [-0.05, 0) is 0 Å². The highest BCUT2D eigenvalue weighted by atomic mass is 16.3. The van der Waals surface area contributed by atoms with E-state index in [1.54, 1.807) is 0 Å². The molecule has 0 aromatic carbocycles. The maximum atomic E-state index is 9.15. The molecule has 0 saturated heterocycles. The van der Waals surface area contributed by atoms with E-state index in [1.807, 2.05) is 0 Å². The van der Waals surface area contributed by atoms with Gasteiger partial charge in [0.2, 0.25) is 0 Å². The molecule has 0 heterocycles. The maximum Gasteiger partial charge on any atom is 0.0988 e. The van der Waals surface area contributed by atoms with Gasteiger partial charge >= 0.3 is 0 Å². The van der Waals surface area contributed by atoms with Crippen LogP contribution < -0.4 is 11.5 Å². The summed E-state index contributed by atoms with van der Waals surface area (Å²) in [7, 11) is 0. The van der Waals surface area contributed by atoms with Crippen LogP contribution >= 0.6 is 0 Å². The van der Waals surface area contributed by atoms with Crippen molar-refractivity contribution in [1.82, 2.24) is 0 Å². The van der Waals surface area contributed by atoms with E-state index in [-0.39, 0.29) is 6.54 Å². The molecule has 74 valence electrons. The maximum absolute atomic E-state index is 9.15. The molecule has 2 atom stereocenters. The Morgan fingerprint density at radius 1 is 1.08 bits per heavy atom. The summed E-state index contributed by atoms with van der Waals surface area (Å²) in [6.07, 6.45) is -2.69. The smallest absolute Gasteiger partial charge is 0.0988 e. The van der Waals surface area contributed by atoms with Crippen LogP contribution in [0.15, 0.2) is 0 Å². The van der Waals surface area contributed by atoms with E-state index >= 15 is 0 Å². The second kappa shape index (κ2) is 4.70. The first kappa shape index (κ1) is 11.8. The molecule has 0 fully saturated rings. The number of hydrogen-bond donors (Lipinski definition) is 6. The lowest BCUT2D eigenvalue weighted by atomic mass is 9.88. The summed E-state index contributed by atoms with van der Waals surface area (Å²) >= 11 is 0. The Hall–Kier alpha value is -0.240. The van der Waals surface area contributed by atoms with Crippen LogP contribution in [0.2, 0.25) is 0 Å². The molecule has 0 bridgehead atoms. The number of rotatable bonds is 5. The third-order valence-electron chi connectivity index (χ3n) is 1.94. The molecule has 0 spiro atoms. The Labute approximate surface area is 70.4 Å². The summed E-state index contributed by atoms with van der Waals surface area (Å²) in [6.45, 7) is -1.44. The second-order valence-electron chi connectivity index (χ2n) is 2.71. The molecule has 2 unspecified atom stereocenters. The van der Waals surface area contributed by atoms with Gasteiger partial charge in [-0.2, -0.15) is 0 Å². The summed E-state index contributed by atoms with van der Waals surface area (Å²) < 4.78 is 0. The summed E-state index contributed by atoms with van der Waals surface area (Å²) in [5.41, 5.74) is 9.10. The van der Waals surface area contributed by atoms with Crippen molar-refractivity contribution in [3.63, 3.8) is 0 Å². The Bertz CT molecular complexity index is 123. The predicted molar refractivity (Wildman–Crippen MR) is 42.2 cm³/mol. The van der Waals surface area contributed by atoms with E-state index in [1.165, 1.54) is 0 Å². The van der Waals surface area contributed by atoms with Crippen molar-refractivity contribution in [3.8, 4) is 0 Å². The van der Waals surface area contributed by atoms with Crippen molar-refractivity contribution in [2.24, 2.45) is 11.5 Å². The molecule has 0 aromatic rings. The Morgan fingerprint density at radius 3 is 1.58 bits per heavy atom. The van der Waals surface area contributed by atoms with E-state index in [0.717, 1.165) is 0 Å². The predicted octanol–water partition coefficient (Wildman–Crippen LogP) is -3.65. The van der Waals surface area contributed by atoms with Gasteiger partial charge in [0.1, 0.15) is 0 Å². The van der Waals surface area contributed by atoms with Gasteiger partial charge in [-0.15, -0.1) is 0 Å². The average Bonchev–Trinajstić information content (AvgIpc) is 2.13. The lowest BCUT2D eigenvalue weighted by molar-refractivity contribution is -0.0502. The summed E-state index contributed by atoms with van der Waals surface area (Å²) in [5.74, 6) is 0. The minimum absolute atomic E-state index is 0.226. The van der Waals surface area contributed by atoms with Crippen molar-refractivity contribution in [3.05, 3.63) is 0 Å². The average molecular weight is 180 g/mol. The van der Waals surface area contributed by atoms with Gasteiger partial charge in [0, 0.05) is 6.54 Å². The molecule has 6 heteroatoms. The highest BCUT2D eigenvalue weighted by molar-refractivity contribution is 4.98. The van der Waals surface area contributed by atoms with Crippen molar-refractivity contribution in [2.75, 3.05) is 19.8 Å². The lowest BCUT2D eigenvalue weighted by Gasteiger charge is -2.35. The van der Waals surface area contributed by atoms with Crippen molar-refractivity contribution < 1.29 is 20.4 Å². The minimum atomic E-state index is -1.55. The molecule has 0 rings (SSSR count). The van der Waals surface area contributed by atoms with Gasteiger partial charge in [-0.25, -0.2) is 0 Å². The zero-order valence-electron chi connectivity index (χ0n) is 6.72. The molecular formula is C6H16N2O4. The highest BCUT2D eigenvalue weighted by Crippen LogP contribution is 2.10. The number of aliphatic hydroxyl groups excluding tert-OH is 4. The van der Waals surface area contributed by atoms with Crippen LogP contribution in [0.5, 0.6) is 0 Å². The largest absolute Gasteiger partial charge is 0.394 e. The zero-order valence-corrected chi connectivity index (χ0v) is 6.72.